The summed E-state index contributed by atoms with van der Waals surface area (Å²) >= 11 is 0. The van der Waals surface area contributed by atoms with Gasteiger partial charge in [0.15, 0.2) is 0 Å². The number of carbonyl (C=O) groups is 2. The molecule has 1 aromatic heterocycles. The van der Waals surface area contributed by atoms with E-state index in [1.54, 1.807) is 19.2 Å². The molecule has 28 heavy (non-hydrogen) atoms. The molecular formula is C22H23N3O3. The fourth-order valence-corrected chi connectivity index (χ4v) is 3.49. The maximum Gasteiger partial charge on any atom is 0.240 e. The molecule has 6 nitrogen and oxygen atoms in total. The van der Waals surface area contributed by atoms with Crippen LogP contribution in [0.25, 0.3) is 10.9 Å². The molecule has 1 heterocycles. The molecule has 6 heteroatoms. The Morgan fingerprint density at radius 2 is 1.82 bits per heavy atom. The second-order valence-electron chi connectivity index (χ2n) is 7.10. The van der Waals surface area contributed by atoms with E-state index in [1.165, 1.54) is 0 Å². The summed E-state index contributed by atoms with van der Waals surface area (Å²) in [7, 11) is 1.55. The first-order valence-corrected chi connectivity index (χ1v) is 9.42. The fraction of sp³-hybridized carbons (Fsp3) is 0.273. The van der Waals surface area contributed by atoms with Gasteiger partial charge < -0.3 is 20.4 Å². The summed E-state index contributed by atoms with van der Waals surface area (Å²) in [6, 6.07) is 15.3. The van der Waals surface area contributed by atoms with Gasteiger partial charge in [0.25, 0.3) is 0 Å². The van der Waals surface area contributed by atoms with Gasteiger partial charge in [-0.05, 0) is 43.0 Å². The molecule has 0 bridgehead atoms. The Kier molecular flexibility index (Phi) is 4.77. The predicted octanol–water partition coefficient (Wildman–Crippen LogP) is 3.25. The number of nitrogens with one attached hydrogen (secondary N) is 3. The number of benzene rings is 2. The third kappa shape index (κ3) is 3.33. The van der Waals surface area contributed by atoms with Crippen LogP contribution >= 0.6 is 0 Å². The van der Waals surface area contributed by atoms with E-state index < -0.39 is 5.41 Å². The molecule has 1 aliphatic carbocycles. The minimum absolute atomic E-state index is 0.209. The molecule has 0 spiro atoms. The quantitative estimate of drug-likeness (QED) is 0.553. The molecule has 0 atom stereocenters. The average molecular weight is 377 g/mol. The van der Waals surface area contributed by atoms with Gasteiger partial charge in [-0.25, -0.2) is 0 Å². The lowest BCUT2D eigenvalue weighted by molar-refractivity contribution is -0.134. The van der Waals surface area contributed by atoms with Crippen LogP contribution in [0.2, 0.25) is 0 Å². The van der Waals surface area contributed by atoms with Crippen molar-refractivity contribution in [2.75, 3.05) is 19.0 Å². The minimum atomic E-state index is -0.971. The molecule has 3 aromatic rings. The smallest absolute Gasteiger partial charge is 0.240 e. The van der Waals surface area contributed by atoms with E-state index in [-0.39, 0.29) is 11.8 Å². The Labute approximate surface area is 163 Å². The Morgan fingerprint density at radius 1 is 1.07 bits per heavy atom. The number of aromatic nitrogens is 1. The third-order valence-electron chi connectivity index (χ3n) is 5.33. The number of amides is 2. The number of ether oxygens (including phenoxy) is 1. The zero-order valence-electron chi connectivity index (χ0n) is 15.7. The standard InChI is InChI=1S/C22H23N3O3/c1-28-19-9-5-4-8-18(19)25-21(27)22(11-12-22)20(26)23-13-10-15-14-24-17-7-3-2-6-16(15)17/h2-9,14,24H,10-13H2,1H3,(H,23,26)(H,25,27). The van der Waals surface area contributed by atoms with Gasteiger partial charge in [-0.2, -0.15) is 0 Å². The summed E-state index contributed by atoms with van der Waals surface area (Å²) in [5.41, 5.74) is 1.84. The van der Waals surface area contributed by atoms with E-state index >= 15 is 0 Å². The van der Waals surface area contributed by atoms with Crippen LogP contribution in [0.1, 0.15) is 18.4 Å². The van der Waals surface area contributed by atoms with Crippen LogP contribution in [0.4, 0.5) is 5.69 Å². The largest absolute Gasteiger partial charge is 0.495 e. The zero-order valence-corrected chi connectivity index (χ0v) is 15.7. The monoisotopic (exact) mass is 377 g/mol. The normalized spacial score (nSPS) is 14.5. The molecule has 2 aromatic carbocycles. The Bertz CT molecular complexity index is 1020. The molecule has 1 aliphatic rings. The summed E-state index contributed by atoms with van der Waals surface area (Å²) in [6.45, 7) is 0.490. The molecule has 2 amide bonds. The van der Waals surface area contributed by atoms with Gasteiger partial charge in [0.2, 0.25) is 11.8 Å². The molecule has 1 fully saturated rings. The highest BCUT2D eigenvalue weighted by atomic mass is 16.5. The predicted molar refractivity (Wildman–Crippen MR) is 108 cm³/mol. The van der Waals surface area contributed by atoms with Crippen LogP contribution in [-0.4, -0.2) is 30.5 Å². The summed E-state index contributed by atoms with van der Waals surface area (Å²) in [5.74, 6) is 0.0905. The summed E-state index contributed by atoms with van der Waals surface area (Å²) in [6.07, 6.45) is 3.80. The highest BCUT2D eigenvalue weighted by Gasteiger charge is 2.56. The Morgan fingerprint density at radius 3 is 2.61 bits per heavy atom. The number of hydrogen-bond acceptors (Lipinski definition) is 3. The number of rotatable bonds is 7. The van der Waals surface area contributed by atoms with Gasteiger partial charge in [-0.3, -0.25) is 9.59 Å². The first kappa shape index (κ1) is 18.1. The van der Waals surface area contributed by atoms with Crippen molar-refractivity contribution in [3.8, 4) is 5.75 Å². The van der Waals surface area contributed by atoms with Crippen LogP contribution in [0, 0.1) is 5.41 Å². The van der Waals surface area contributed by atoms with Crippen molar-refractivity contribution in [3.63, 3.8) is 0 Å². The van der Waals surface area contributed by atoms with E-state index in [1.807, 2.05) is 36.5 Å². The molecule has 0 unspecified atom stereocenters. The number of H-pyrrole nitrogens is 1. The second kappa shape index (κ2) is 7.38. The van der Waals surface area contributed by atoms with Crippen molar-refractivity contribution >= 4 is 28.4 Å². The number of fused-ring (bicyclic) bond motifs is 1. The molecule has 0 saturated heterocycles. The minimum Gasteiger partial charge on any atom is -0.495 e. The van der Waals surface area contributed by atoms with Gasteiger partial charge in [0.1, 0.15) is 11.2 Å². The maximum absolute atomic E-state index is 12.7. The van der Waals surface area contributed by atoms with E-state index in [0.29, 0.717) is 37.2 Å². The van der Waals surface area contributed by atoms with Gasteiger partial charge in [-0.15, -0.1) is 0 Å². The first-order chi connectivity index (χ1) is 13.6. The highest BCUT2D eigenvalue weighted by Crippen LogP contribution is 2.47. The number of hydrogen-bond donors (Lipinski definition) is 3. The lowest BCUT2D eigenvalue weighted by atomic mass is 10.0. The number of aromatic amines is 1. The zero-order chi connectivity index (χ0) is 19.6. The van der Waals surface area contributed by atoms with Gasteiger partial charge >= 0.3 is 0 Å². The van der Waals surface area contributed by atoms with Crippen molar-refractivity contribution in [3.05, 3.63) is 60.3 Å². The van der Waals surface area contributed by atoms with E-state index in [4.69, 9.17) is 4.74 Å². The van der Waals surface area contributed by atoms with Crippen molar-refractivity contribution in [1.29, 1.82) is 0 Å². The fourth-order valence-electron chi connectivity index (χ4n) is 3.49. The average Bonchev–Trinajstić information content (AvgIpc) is 3.45. The number of anilines is 1. The van der Waals surface area contributed by atoms with Crippen LogP contribution in [0.5, 0.6) is 5.75 Å². The molecule has 1 saturated carbocycles. The van der Waals surface area contributed by atoms with Crippen molar-refractivity contribution < 1.29 is 14.3 Å². The molecular weight excluding hydrogens is 354 g/mol. The van der Waals surface area contributed by atoms with Crippen molar-refractivity contribution in [1.82, 2.24) is 10.3 Å². The Balaban J connectivity index is 1.37. The third-order valence-corrected chi connectivity index (χ3v) is 5.33. The topological polar surface area (TPSA) is 83.2 Å². The van der Waals surface area contributed by atoms with E-state index in [2.05, 4.69) is 21.7 Å². The summed E-state index contributed by atoms with van der Waals surface area (Å²) in [4.78, 5) is 28.7. The number of para-hydroxylation sites is 3. The molecule has 0 radical (unpaired) electrons. The van der Waals surface area contributed by atoms with Crippen LogP contribution in [0.15, 0.2) is 54.7 Å². The highest BCUT2D eigenvalue weighted by molar-refractivity contribution is 6.13. The SMILES string of the molecule is COc1ccccc1NC(=O)C1(C(=O)NCCc2c[nH]c3ccccc23)CC1. The molecule has 144 valence electrons. The second-order valence-corrected chi connectivity index (χ2v) is 7.10. The van der Waals surface area contributed by atoms with Crippen molar-refractivity contribution in [2.24, 2.45) is 5.41 Å². The lowest BCUT2D eigenvalue weighted by Gasteiger charge is -2.16. The number of methoxy groups -OCH3 is 1. The number of carbonyl (C=O) groups excluding carboxylic acids is 2. The summed E-state index contributed by atoms with van der Waals surface area (Å²) in [5, 5.41) is 6.94. The Hall–Kier alpha value is -3.28. The summed E-state index contributed by atoms with van der Waals surface area (Å²) < 4.78 is 5.26. The lowest BCUT2D eigenvalue weighted by Crippen LogP contribution is -2.40. The van der Waals surface area contributed by atoms with Crippen molar-refractivity contribution in [2.45, 2.75) is 19.3 Å². The molecule has 4 rings (SSSR count). The first-order valence-electron chi connectivity index (χ1n) is 9.42. The van der Waals surface area contributed by atoms with Crippen LogP contribution in [0.3, 0.4) is 0 Å². The molecule has 3 N–H and O–H groups in total. The maximum atomic E-state index is 12.7. The molecule has 0 aliphatic heterocycles. The van der Waals surface area contributed by atoms with Crippen LogP contribution in [-0.2, 0) is 16.0 Å². The van der Waals surface area contributed by atoms with Gasteiger partial charge in [-0.1, -0.05) is 30.3 Å². The van der Waals surface area contributed by atoms with Gasteiger partial charge in [0.05, 0.1) is 12.8 Å². The van der Waals surface area contributed by atoms with E-state index in [0.717, 1.165) is 16.5 Å². The van der Waals surface area contributed by atoms with Crippen LogP contribution < -0.4 is 15.4 Å². The van der Waals surface area contributed by atoms with Gasteiger partial charge in [0, 0.05) is 23.6 Å². The van der Waals surface area contributed by atoms with E-state index in [9.17, 15) is 9.59 Å².